The molecular formula is C21H19BrN2O3. The summed E-state index contributed by atoms with van der Waals surface area (Å²) in [6.07, 6.45) is 1.56. The van der Waals surface area contributed by atoms with E-state index in [0.717, 1.165) is 20.8 Å². The lowest BCUT2D eigenvalue weighted by Gasteiger charge is -2.11. The molecule has 0 atom stereocenters. The molecule has 0 bridgehead atoms. The summed E-state index contributed by atoms with van der Waals surface area (Å²) in [6, 6.07) is 17.1. The van der Waals surface area contributed by atoms with Crippen LogP contribution in [0.2, 0.25) is 0 Å². The Morgan fingerprint density at radius 3 is 2.67 bits per heavy atom. The number of fused-ring (bicyclic) bond motifs is 1. The van der Waals surface area contributed by atoms with Crippen molar-refractivity contribution in [1.82, 2.24) is 5.43 Å². The fraction of sp³-hybridized carbons (Fsp3) is 0.143. The Morgan fingerprint density at radius 2 is 1.93 bits per heavy atom. The molecule has 0 aliphatic rings. The van der Waals surface area contributed by atoms with Gasteiger partial charge >= 0.3 is 0 Å². The molecular weight excluding hydrogens is 408 g/mol. The van der Waals surface area contributed by atoms with Crippen molar-refractivity contribution in [2.24, 2.45) is 5.10 Å². The molecule has 1 amide bonds. The summed E-state index contributed by atoms with van der Waals surface area (Å²) < 4.78 is 11.7. The average molecular weight is 427 g/mol. The van der Waals surface area contributed by atoms with Crippen molar-refractivity contribution in [2.75, 3.05) is 13.7 Å². The zero-order chi connectivity index (χ0) is 19.2. The van der Waals surface area contributed by atoms with E-state index in [9.17, 15) is 4.79 Å². The molecule has 3 rings (SSSR count). The molecule has 0 radical (unpaired) electrons. The van der Waals surface area contributed by atoms with Gasteiger partial charge in [-0.15, -0.1) is 0 Å². The second-order valence-corrected chi connectivity index (χ2v) is 6.58. The van der Waals surface area contributed by atoms with Gasteiger partial charge in [-0.2, -0.15) is 5.10 Å². The molecule has 0 spiro atoms. The molecule has 138 valence electrons. The molecule has 0 saturated heterocycles. The standard InChI is InChI=1S/C21H19BrN2O3/c1-3-27-20-18(22)10-14(11-19(20)26-2)13-23-24-21(25)17-9-8-15-6-4-5-7-16(15)12-17/h4-13H,3H2,1-2H3,(H,24,25)/b23-13-. The van der Waals surface area contributed by atoms with Crippen LogP contribution in [-0.2, 0) is 0 Å². The molecule has 0 aromatic heterocycles. The van der Waals surface area contributed by atoms with Crippen LogP contribution in [0.4, 0.5) is 0 Å². The van der Waals surface area contributed by atoms with E-state index in [1.807, 2.05) is 49.4 Å². The van der Waals surface area contributed by atoms with Crippen LogP contribution in [0.1, 0.15) is 22.8 Å². The zero-order valence-electron chi connectivity index (χ0n) is 15.0. The number of methoxy groups -OCH3 is 1. The highest BCUT2D eigenvalue weighted by atomic mass is 79.9. The fourth-order valence-electron chi connectivity index (χ4n) is 2.66. The summed E-state index contributed by atoms with van der Waals surface area (Å²) >= 11 is 3.47. The van der Waals surface area contributed by atoms with Gasteiger partial charge in [0.15, 0.2) is 11.5 Å². The minimum Gasteiger partial charge on any atom is -0.493 e. The average Bonchev–Trinajstić information content (AvgIpc) is 2.69. The van der Waals surface area contributed by atoms with Gasteiger partial charge in [0.05, 0.1) is 24.4 Å². The smallest absolute Gasteiger partial charge is 0.271 e. The number of carbonyl (C=O) groups excluding carboxylic acids is 1. The third kappa shape index (κ3) is 4.46. The number of amides is 1. The van der Waals surface area contributed by atoms with Gasteiger partial charge in [-0.25, -0.2) is 5.43 Å². The van der Waals surface area contributed by atoms with Crippen LogP contribution in [0.3, 0.4) is 0 Å². The first kappa shape index (κ1) is 18.9. The van der Waals surface area contributed by atoms with E-state index in [-0.39, 0.29) is 5.91 Å². The molecule has 0 unspecified atom stereocenters. The van der Waals surface area contributed by atoms with Gasteiger partial charge in [-0.1, -0.05) is 30.3 Å². The second-order valence-electron chi connectivity index (χ2n) is 5.73. The van der Waals surface area contributed by atoms with Gasteiger partial charge in [0, 0.05) is 5.56 Å². The van der Waals surface area contributed by atoms with E-state index in [4.69, 9.17) is 9.47 Å². The maximum Gasteiger partial charge on any atom is 0.271 e. The summed E-state index contributed by atoms with van der Waals surface area (Å²) in [5.41, 5.74) is 3.87. The first-order chi connectivity index (χ1) is 13.1. The van der Waals surface area contributed by atoms with E-state index >= 15 is 0 Å². The molecule has 3 aromatic rings. The maximum absolute atomic E-state index is 12.3. The van der Waals surface area contributed by atoms with Crippen LogP contribution in [0.25, 0.3) is 10.8 Å². The number of hydrogen-bond acceptors (Lipinski definition) is 4. The highest BCUT2D eigenvalue weighted by molar-refractivity contribution is 9.10. The molecule has 27 heavy (non-hydrogen) atoms. The highest BCUT2D eigenvalue weighted by Crippen LogP contribution is 2.36. The van der Waals surface area contributed by atoms with Crippen LogP contribution in [0, 0.1) is 0 Å². The summed E-state index contributed by atoms with van der Waals surface area (Å²) in [6.45, 7) is 2.44. The first-order valence-corrected chi connectivity index (χ1v) is 9.24. The molecule has 6 heteroatoms. The predicted molar refractivity (Wildman–Crippen MR) is 111 cm³/mol. The highest BCUT2D eigenvalue weighted by Gasteiger charge is 2.10. The van der Waals surface area contributed by atoms with Crippen molar-refractivity contribution >= 4 is 38.8 Å². The van der Waals surface area contributed by atoms with Gasteiger partial charge in [-0.05, 0) is 63.5 Å². The van der Waals surface area contributed by atoms with Gasteiger partial charge in [0.2, 0.25) is 0 Å². The number of carbonyl (C=O) groups is 1. The lowest BCUT2D eigenvalue weighted by atomic mass is 10.1. The molecule has 0 aliphatic carbocycles. The first-order valence-electron chi connectivity index (χ1n) is 8.45. The number of rotatable bonds is 6. The zero-order valence-corrected chi connectivity index (χ0v) is 16.6. The fourth-order valence-corrected chi connectivity index (χ4v) is 3.23. The topological polar surface area (TPSA) is 59.9 Å². The lowest BCUT2D eigenvalue weighted by Crippen LogP contribution is -2.17. The summed E-state index contributed by atoms with van der Waals surface area (Å²) in [7, 11) is 1.58. The van der Waals surface area contributed by atoms with Crippen LogP contribution < -0.4 is 14.9 Å². The summed E-state index contributed by atoms with van der Waals surface area (Å²) in [5, 5.41) is 6.14. The number of benzene rings is 3. The van der Waals surface area contributed by atoms with Crippen molar-refractivity contribution in [2.45, 2.75) is 6.92 Å². The third-order valence-corrected chi connectivity index (χ3v) is 4.52. The Hall–Kier alpha value is -2.86. The Bertz CT molecular complexity index is 1000. The van der Waals surface area contributed by atoms with Gasteiger partial charge in [0.1, 0.15) is 0 Å². The van der Waals surface area contributed by atoms with E-state index in [1.54, 1.807) is 25.5 Å². The largest absolute Gasteiger partial charge is 0.493 e. The molecule has 0 aliphatic heterocycles. The monoisotopic (exact) mass is 426 g/mol. The third-order valence-electron chi connectivity index (χ3n) is 3.93. The molecule has 0 fully saturated rings. The Morgan fingerprint density at radius 1 is 1.15 bits per heavy atom. The Kier molecular flexibility index (Phi) is 6.08. The number of nitrogens with one attached hydrogen (secondary N) is 1. The minimum absolute atomic E-state index is 0.269. The molecule has 0 heterocycles. The SMILES string of the molecule is CCOc1c(Br)cc(/C=N\NC(=O)c2ccc3ccccc3c2)cc1OC. The van der Waals surface area contributed by atoms with Crippen LogP contribution >= 0.6 is 15.9 Å². The second kappa shape index (κ2) is 8.68. The molecule has 0 saturated carbocycles. The molecule has 1 N–H and O–H groups in total. The van der Waals surface area contributed by atoms with Crippen LogP contribution in [0.5, 0.6) is 11.5 Å². The predicted octanol–water partition coefficient (Wildman–Crippen LogP) is 4.77. The Labute approximate surface area is 166 Å². The van der Waals surface area contributed by atoms with Crippen molar-refractivity contribution < 1.29 is 14.3 Å². The number of hydrogen-bond donors (Lipinski definition) is 1. The number of halogens is 1. The van der Waals surface area contributed by atoms with Crippen LogP contribution in [-0.4, -0.2) is 25.8 Å². The number of hydrazone groups is 1. The minimum atomic E-state index is -0.269. The van der Waals surface area contributed by atoms with Gasteiger partial charge in [0.25, 0.3) is 5.91 Å². The number of ether oxygens (including phenoxy) is 2. The van der Waals surface area contributed by atoms with E-state index in [1.165, 1.54) is 0 Å². The van der Waals surface area contributed by atoms with Crippen molar-refractivity contribution in [3.63, 3.8) is 0 Å². The molecule has 5 nitrogen and oxygen atoms in total. The summed E-state index contributed by atoms with van der Waals surface area (Å²) in [5.74, 6) is 0.958. The van der Waals surface area contributed by atoms with E-state index < -0.39 is 0 Å². The van der Waals surface area contributed by atoms with Gasteiger partial charge in [-0.3, -0.25) is 4.79 Å². The maximum atomic E-state index is 12.3. The van der Waals surface area contributed by atoms with Crippen molar-refractivity contribution in [3.8, 4) is 11.5 Å². The van der Waals surface area contributed by atoms with E-state index in [0.29, 0.717) is 23.7 Å². The molecule has 3 aromatic carbocycles. The summed E-state index contributed by atoms with van der Waals surface area (Å²) in [4.78, 5) is 12.3. The van der Waals surface area contributed by atoms with E-state index in [2.05, 4.69) is 26.5 Å². The normalized spacial score (nSPS) is 10.9. The van der Waals surface area contributed by atoms with Gasteiger partial charge < -0.3 is 9.47 Å². The quantitative estimate of drug-likeness (QED) is 0.455. The van der Waals surface area contributed by atoms with Crippen LogP contribution in [0.15, 0.2) is 64.2 Å². The number of nitrogens with zero attached hydrogens (tertiary/aromatic N) is 1. The lowest BCUT2D eigenvalue weighted by molar-refractivity contribution is 0.0955. The van der Waals surface area contributed by atoms with Crippen molar-refractivity contribution in [1.29, 1.82) is 0 Å². The van der Waals surface area contributed by atoms with Crippen molar-refractivity contribution in [3.05, 3.63) is 70.2 Å². The Balaban J connectivity index is 1.74.